The van der Waals surface area contributed by atoms with Crippen LogP contribution in [0.1, 0.15) is 26.7 Å². The van der Waals surface area contributed by atoms with Gasteiger partial charge < -0.3 is 16.2 Å². The van der Waals surface area contributed by atoms with E-state index in [1.807, 2.05) is 13.8 Å². The summed E-state index contributed by atoms with van der Waals surface area (Å²) >= 11 is 0. The van der Waals surface area contributed by atoms with Crippen LogP contribution in [0, 0.1) is 0 Å². The molecule has 0 saturated heterocycles. The number of nitrogen functional groups attached to an aromatic ring is 1. The molecule has 1 aromatic rings. The lowest BCUT2D eigenvalue weighted by Crippen LogP contribution is -2.35. The quantitative estimate of drug-likeness (QED) is 0.579. The Morgan fingerprint density at radius 3 is 2.47 bits per heavy atom. The molecule has 108 valence electrons. The fourth-order valence-electron chi connectivity index (χ4n) is 1.81. The lowest BCUT2D eigenvalue weighted by molar-refractivity contribution is 0.252. The Hall–Kier alpha value is -1.31. The maximum atomic E-state index is 11.3. The molecule has 0 spiro atoms. The number of nitrogens with one attached hydrogen (secondary N) is 1. The number of primary sulfonamides is 1. The van der Waals surface area contributed by atoms with Crippen LogP contribution in [0.5, 0.6) is 0 Å². The third-order valence-corrected chi connectivity index (χ3v) is 4.19. The van der Waals surface area contributed by atoms with Crippen molar-refractivity contribution in [1.82, 2.24) is 0 Å². The van der Waals surface area contributed by atoms with E-state index in [2.05, 4.69) is 5.32 Å². The van der Waals surface area contributed by atoms with Crippen molar-refractivity contribution < 1.29 is 13.5 Å². The Morgan fingerprint density at radius 1 is 1.42 bits per heavy atom. The SMILES string of the molecule is CCC(C)(CCO)Nc1ccc(S(N)(=O)=O)c(N)c1. The second kappa shape index (κ2) is 5.77. The Kier molecular flexibility index (Phi) is 4.78. The van der Waals surface area contributed by atoms with Gasteiger partial charge in [-0.25, -0.2) is 13.6 Å². The number of anilines is 2. The first-order valence-corrected chi connectivity index (χ1v) is 7.58. The van der Waals surface area contributed by atoms with Crippen molar-refractivity contribution >= 4 is 21.4 Å². The Bertz CT molecular complexity index is 545. The van der Waals surface area contributed by atoms with E-state index < -0.39 is 10.0 Å². The molecule has 1 atom stereocenters. The fourth-order valence-corrected chi connectivity index (χ4v) is 2.45. The molecule has 7 heteroatoms. The molecule has 19 heavy (non-hydrogen) atoms. The van der Waals surface area contributed by atoms with Gasteiger partial charge in [0.1, 0.15) is 4.90 Å². The van der Waals surface area contributed by atoms with Gasteiger partial charge in [-0.1, -0.05) is 6.92 Å². The number of aliphatic hydroxyl groups is 1. The maximum Gasteiger partial charge on any atom is 0.240 e. The summed E-state index contributed by atoms with van der Waals surface area (Å²) in [5, 5.41) is 17.4. The second-order valence-corrected chi connectivity index (χ2v) is 6.34. The van der Waals surface area contributed by atoms with Crippen LogP contribution >= 0.6 is 0 Å². The molecule has 0 saturated carbocycles. The smallest absolute Gasteiger partial charge is 0.240 e. The Labute approximate surface area is 113 Å². The number of hydrogen-bond donors (Lipinski definition) is 4. The van der Waals surface area contributed by atoms with Crippen LogP contribution in [0.15, 0.2) is 23.1 Å². The molecular formula is C12H21N3O3S. The van der Waals surface area contributed by atoms with Gasteiger partial charge in [-0.15, -0.1) is 0 Å². The lowest BCUT2D eigenvalue weighted by Gasteiger charge is -2.30. The van der Waals surface area contributed by atoms with Gasteiger partial charge in [0.15, 0.2) is 0 Å². The maximum absolute atomic E-state index is 11.3. The summed E-state index contributed by atoms with van der Waals surface area (Å²) < 4.78 is 22.5. The van der Waals surface area contributed by atoms with E-state index in [4.69, 9.17) is 16.0 Å². The fraction of sp³-hybridized carbons (Fsp3) is 0.500. The van der Waals surface area contributed by atoms with Crippen molar-refractivity contribution in [2.75, 3.05) is 17.7 Å². The Morgan fingerprint density at radius 2 is 2.05 bits per heavy atom. The van der Waals surface area contributed by atoms with E-state index in [0.29, 0.717) is 12.1 Å². The summed E-state index contributed by atoms with van der Waals surface area (Å²) in [5.74, 6) is 0. The molecule has 0 heterocycles. The standard InChI is InChI=1S/C12H21N3O3S/c1-3-12(2,6-7-16)15-9-4-5-11(10(13)8-9)19(14,17)18/h4-5,8,15-16H,3,6-7,13H2,1-2H3,(H2,14,17,18). The van der Waals surface area contributed by atoms with E-state index in [1.165, 1.54) is 12.1 Å². The minimum Gasteiger partial charge on any atom is -0.398 e. The van der Waals surface area contributed by atoms with Gasteiger partial charge in [-0.2, -0.15) is 0 Å². The molecule has 0 aliphatic carbocycles. The van der Waals surface area contributed by atoms with E-state index in [9.17, 15) is 8.42 Å². The van der Waals surface area contributed by atoms with Crippen LogP contribution in [0.2, 0.25) is 0 Å². The molecule has 0 bridgehead atoms. The summed E-state index contributed by atoms with van der Waals surface area (Å²) in [6.45, 7) is 4.06. The van der Waals surface area contributed by atoms with Gasteiger partial charge in [-0.05, 0) is 38.0 Å². The minimum absolute atomic E-state index is 0.0715. The van der Waals surface area contributed by atoms with Crippen molar-refractivity contribution in [2.24, 2.45) is 5.14 Å². The van der Waals surface area contributed by atoms with Crippen molar-refractivity contribution in [1.29, 1.82) is 0 Å². The van der Waals surface area contributed by atoms with Crippen molar-refractivity contribution in [3.63, 3.8) is 0 Å². The summed E-state index contributed by atoms with van der Waals surface area (Å²) in [5.41, 5.74) is 6.22. The number of aliphatic hydroxyl groups excluding tert-OH is 1. The first-order valence-electron chi connectivity index (χ1n) is 6.03. The first kappa shape index (κ1) is 15.7. The van der Waals surface area contributed by atoms with E-state index in [0.717, 1.165) is 6.42 Å². The van der Waals surface area contributed by atoms with Crippen molar-refractivity contribution in [2.45, 2.75) is 37.1 Å². The van der Waals surface area contributed by atoms with Gasteiger partial charge in [-0.3, -0.25) is 0 Å². The normalized spacial score (nSPS) is 14.9. The topological polar surface area (TPSA) is 118 Å². The molecule has 0 amide bonds. The summed E-state index contributed by atoms with van der Waals surface area (Å²) in [6.07, 6.45) is 1.39. The molecule has 0 aromatic heterocycles. The summed E-state index contributed by atoms with van der Waals surface area (Å²) in [7, 11) is -3.80. The third-order valence-electron chi connectivity index (χ3n) is 3.21. The number of nitrogens with two attached hydrogens (primary N) is 2. The van der Waals surface area contributed by atoms with Crippen LogP contribution in [-0.4, -0.2) is 25.7 Å². The summed E-state index contributed by atoms with van der Waals surface area (Å²) in [6, 6.07) is 4.52. The number of rotatable bonds is 6. The average molecular weight is 287 g/mol. The van der Waals surface area contributed by atoms with Gasteiger partial charge in [0.25, 0.3) is 0 Å². The zero-order valence-corrected chi connectivity index (χ0v) is 12.0. The number of sulfonamides is 1. The van der Waals surface area contributed by atoms with E-state index in [-0.39, 0.29) is 22.7 Å². The zero-order chi connectivity index (χ0) is 14.7. The van der Waals surface area contributed by atoms with E-state index >= 15 is 0 Å². The zero-order valence-electron chi connectivity index (χ0n) is 11.2. The van der Waals surface area contributed by atoms with Gasteiger partial charge in [0, 0.05) is 17.8 Å². The molecule has 1 rings (SSSR count). The third kappa shape index (κ3) is 4.09. The van der Waals surface area contributed by atoms with Gasteiger partial charge in [0.2, 0.25) is 10.0 Å². The molecule has 0 aliphatic rings. The number of benzene rings is 1. The molecule has 1 aromatic carbocycles. The highest BCUT2D eigenvalue weighted by Crippen LogP contribution is 2.26. The van der Waals surface area contributed by atoms with Crippen LogP contribution in [0.3, 0.4) is 0 Å². The number of hydrogen-bond acceptors (Lipinski definition) is 5. The summed E-state index contributed by atoms with van der Waals surface area (Å²) in [4.78, 5) is -0.0848. The largest absolute Gasteiger partial charge is 0.398 e. The van der Waals surface area contributed by atoms with Crippen molar-refractivity contribution in [3.8, 4) is 0 Å². The lowest BCUT2D eigenvalue weighted by atomic mass is 9.94. The average Bonchev–Trinajstić information content (AvgIpc) is 2.27. The van der Waals surface area contributed by atoms with Crippen molar-refractivity contribution in [3.05, 3.63) is 18.2 Å². The highest BCUT2D eigenvalue weighted by atomic mass is 32.2. The predicted octanol–water partition coefficient (Wildman–Crippen LogP) is 0.879. The molecule has 6 nitrogen and oxygen atoms in total. The molecule has 1 unspecified atom stereocenters. The van der Waals surface area contributed by atoms with E-state index in [1.54, 1.807) is 6.07 Å². The molecule has 0 radical (unpaired) electrons. The molecule has 0 fully saturated rings. The van der Waals surface area contributed by atoms with Crippen LogP contribution in [-0.2, 0) is 10.0 Å². The second-order valence-electron chi connectivity index (χ2n) is 4.81. The van der Waals surface area contributed by atoms with Crippen LogP contribution in [0.4, 0.5) is 11.4 Å². The van der Waals surface area contributed by atoms with Gasteiger partial charge in [0.05, 0.1) is 5.69 Å². The minimum atomic E-state index is -3.80. The molecule has 0 aliphatic heterocycles. The first-order chi connectivity index (χ1) is 8.72. The molecule has 6 N–H and O–H groups in total. The highest BCUT2D eigenvalue weighted by Gasteiger charge is 2.21. The van der Waals surface area contributed by atoms with Crippen LogP contribution in [0.25, 0.3) is 0 Å². The molecular weight excluding hydrogens is 266 g/mol. The predicted molar refractivity (Wildman–Crippen MR) is 76.2 cm³/mol. The van der Waals surface area contributed by atoms with Crippen LogP contribution < -0.4 is 16.2 Å². The monoisotopic (exact) mass is 287 g/mol. The highest BCUT2D eigenvalue weighted by molar-refractivity contribution is 7.89. The van der Waals surface area contributed by atoms with Gasteiger partial charge >= 0.3 is 0 Å². The Balaban J connectivity index is 3.02.